The van der Waals surface area contributed by atoms with E-state index < -0.39 is 24.5 Å². The standard InChI is InChI=1S/C17H15F3N2O2/c18-17(19,20)11-22(15-7-3-4-8-21-15)16(23)13-9-12-5-1-2-6-14(12)24-10-13/h1-8,13H,9-11H2. The van der Waals surface area contributed by atoms with E-state index >= 15 is 0 Å². The van der Waals surface area contributed by atoms with Crippen LogP contribution in [0.5, 0.6) is 5.75 Å². The first kappa shape index (κ1) is 16.3. The number of pyridine rings is 1. The molecule has 7 heteroatoms. The van der Waals surface area contributed by atoms with Crippen LogP contribution in [0.3, 0.4) is 0 Å². The van der Waals surface area contributed by atoms with Crippen molar-refractivity contribution >= 4 is 11.7 Å². The SMILES string of the molecule is O=C(C1COc2ccccc2C1)N(CC(F)(F)F)c1ccccn1. The van der Waals surface area contributed by atoms with Crippen molar-refractivity contribution in [3.05, 3.63) is 54.2 Å². The van der Waals surface area contributed by atoms with E-state index in [-0.39, 0.29) is 12.4 Å². The van der Waals surface area contributed by atoms with Crippen LogP contribution < -0.4 is 9.64 Å². The van der Waals surface area contributed by atoms with Gasteiger partial charge in [0.2, 0.25) is 5.91 Å². The number of hydrogen-bond donors (Lipinski definition) is 0. The van der Waals surface area contributed by atoms with Gasteiger partial charge in [-0.05, 0) is 30.2 Å². The molecular weight excluding hydrogens is 321 g/mol. The number of anilines is 1. The summed E-state index contributed by atoms with van der Waals surface area (Å²) in [5.74, 6) is -0.662. The van der Waals surface area contributed by atoms with Gasteiger partial charge in [-0.25, -0.2) is 4.98 Å². The van der Waals surface area contributed by atoms with Crippen LogP contribution in [0.15, 0.2) is 48.7 Å². The summed E-state index contributed by atoms with van der Waals surface area (Å²) in [6, 6.07) is 11.7. The summed E-state index contributed by atoms with van der Waals surface area (Å²) in [4.78, 5) is 17.3. The van der Waals surface area contributed by atoms with E-state index in [0.29, 0.717) is 17.1 Å². The topological polar surface area (TPSA) is 42.4 Å². The van der Waals surface area contributed by atoms with Gasteiger partial charge in [0.05, 0.1) is 5.92 Å². The fourth-order valence-electron chi connectivity index (χ4n) is 2.67. The number of carbonyl (C=O) groups is 1. The summed E-state index contributed by atoms with van der Waals surface area (Å²) in [5, 5.41) is 0. The van der Waals surface area contributed by atoms with Crippen LogP contribution in [0.2, 0.25) is 0 Å². The molecule has 0 saturated carbocycles. The first-order valence-corrected chi connectivity index (χ1v) is 7.44. The average Bonchev–Trinajstić information content (AvgIpc) is 2.58. The lowest BCUT2D eigenvalue weighted by Crippen LogP contribution is -2.45. The number of halogens is 3. The number of alkyl halides is 3. The van der Waals surface area contributed by atoms with E-state index in [0.717, 1.165) is 5.56 Å². The molecule has 24 heavy (non-hydrogen) atoms. The summed E-state index contributed by atoms with van der Waals surface area (Å²) in [5.41, 5.74) is 0.815. The lowest BCUT2D eigenvalue weighted by Gasteiger charge is -2.30. The van der Waals surface area contributed by atoms with Gasteiger partial charge in [-0.3, -0.25) is 9.69 Å². The highest BCUT2D eigenvalue weighted by Crippen LogP contribution is 2.29. The van der Waals surface area contributed by atoms with Crippen molar-refractivity contribution in [2.45, 2.75) is 12.6 Å². The molecule has 0 fully saturated rings. The monoisotopic (exact) mass is 336 g/mol. The Labute approximate surface area is 136 Å². The Morgan fingerprint density at radius 1 is 1.21 bits per heavy atom. The van der Waals surface area contributed by atoms with Gasteiger partial charge >= 0.3 is 6.18 Å². The molecule has 0 spiro atoms. The number of aromatic nitrogens is 1. The van der Waals surface area contributed by atoms with E-state index in [1.807, 2.05) is 12.1 Å². The Hall–Kier alpha value is -2.57. The molecule has 0 bridgehead atoms. The molecule has 1 amide bonds. The zero-order valence-electron chi connectivity index (χ0n) is 12.7. The van der Waals surface area contributed by atoms with E-state index in [1.54, 1.807) is 24.3 Å². The van der Waals surface area contributed by atoms with Crippen molar-refractivity contribution in [3.8, 4) is 5.75 Å². The van der Waals surface area contributed by atoms with Gasteiger partial charge < -0.3 is 4.74 Å². The molecule has 0 radical (unpaired) electrons. The maximum atomic E-state index is 12.9. The number of hydrogen-bond acceptors (Lipinski definition) is 3. The van der Waals surface area contributed by atoms with Crippen molar-refractivity contribution < 1.29 is 22.7 Å². The van der Waals surface area contributed by atoms with Crippen LogP contribution in [0, 0.1) is 5.92 Å². The van der Waals surface area contributed by atoms with Gasteiger partial charge in [-0.1, -0.05) is 24.3 Å². The molecule has 0 aliphatic carbocycles. The first-order chi connectivity index (χ1) is 11.4. The molecule has 1 atom stereocenters. The third kappa shape index (κ3) is 3.67. The number of para-hydroxylation sites is 1. The summed E-state index contributed by atoms with van der Waals surface area (Å²) in [7, 11) is 0. The lowest BCUT2D eigenvalue weighted by molar-refractivity contribution is -0.135. The highest BCUT2D eigenvalue weighted by Gasteiger charge is 2.38. The largest absolute Gasteiger partial charge is 0.492 e. The minimum absolute atomic E-state index is 0.0151. The minimum atomic E-state index is -4.51. The predicted octanol–water partition coefficient (Wildman–Crippen LogP) is 3.23. The number of benzene rings is 1. The molecule has 3 rings (SSSR count). The zero-order chi connectivity index (χ0) is 17.2. The van der Waals surface area contributed by atoms with Gasteiger partial charge in [0, 0.05) is 6.20 Å². The fourth-order valence-corrected chi connectivity index (χ4v) is 2.67. The van der Waals surface area contributed by atoms with Crippen LogP contribution in [-0.4, -0.2) is 30.2 Å². The Balaban J connectivity index is 1.84. The first-order valence-electron chi connectivity index (χ1n) is 7.44. The van der Waals surface area contributed by atoms with E-state index in [1.165, 1.54) is 12.3 Å². The second-order valence-corrected chi connectivity index (χ2v) is 5.55. The second kappa shape index (κ2) is 6.51. The summed E-state index contributed by atoms with van der Waals surface area (Å²) >= 11 is 0. The van der Waals surface area contributed by atoms with Gasteiger partial charge in [-0.2, -0.15) is 13.2 Å². The number of carbonyl (C=O) groups excluding carboxylic acids is 1. The number of fused-ring (bicyclic) bond motifs is 1. The molecule has 0 saturated heterocycles. The normalized spacial score (nSPS) is 16.9. The lowest BCUT2D eigenvalue weighted by atomic mass is 9.95. The maximum absolute atomic E-state index is 12.9. The second-order valence-electron chi connectivity index (χ2n) is 5.55. The smallest absolute Gasteiger partial charge is 0.406 e. The molecule has 1 aromatic carbocycles. The van der Waals surface area contributed by atoms with Gasteiger partial charge in [0.25, 0.3) is 0 Å². The highest BCUT2D eigenvalue weighted by molar-refractivity contribution is 5.94. The Morgan fingerprint density at radius 2 is 1.96 bits per heavy atom. The Bertz CT molecular complexity index is 719. The third-order valence-corrected chi connectivity index (χ3v) is 3.76. The third-order valence-electron chi connectivity index (χ3n) is 3.76. The van der Waals surface area contributed by atoms with Gasteiger partial charge in [-0.15, -0.1) is 0 Å². The molecule has 1 aliphatic heterocycles. The number of nitrogens with zero attached hydrogens (tertiary/aromatic N) is 2. The van der Waals surface area contributed by atoms with Crippen molar-refractivity contribution in [1.29, 1.82) is 0 Å². The summed E-state index contributed by atoms with van der Waals surface area (Å²) < 4.78 is 44.2. The van der Waals surface area contributed by atoms with Crippen LogP contribution in [0.25, 0.3) is 0 Å². The minimum Gasteiger partial charge on any atom is -0.492 e. The molecule has 1 aliphatic rings. The Kier molecular flexibility index (Phi) is 4.42. The quantitative estimate of drug-likeness (QED) is 0.864. The van der Waals surface area contributed by atoms with E-state index in [2.05, 4.69) is 4.98 Å². The molecule has 4 nitrogen and oxygen atoms in total. The summed E-state index contributed by atoms with van der Waals surface area (Å²) in [6.45, 7) is -1.32. The van der Waals surface area contributed by atoms with Crippen LogP contribution in [-0.2, 0) is 11.2 Å². The van der Waals surface area contributed by atoms with E-state index in [9.17, 15) is 18.0 Å². The average molecular weight is 336 g/mol. The number of rotatable bonds is 3. The van der Waals surface area contributed by atoms with Gasteiger partial charge in [0.15, 0.2) is 0 Å². The molecule has 126 valence electrons. The molecule has 0 N–H and O–H groups in total. The van der Waals surface area contributed by atoms with Gasteiger partial charge in [0.1, 0.15) is 24.7 Å². The molecule has 2 heterocycles. The fraction of sp³-hybridized carbons (Fsp3) is 0.294. The van der Waals surface area contributed by atoms with Crippen molar-refractivity contribution in [2.75, 3.05) is 18.1 Å². The Morgan fingerprint density at radius 3 is 2.67 bits per heavy atom. The van der Waals surface area contributed by atoms with E-state index in [4.69, 9.17) is 4.74 Å². The zero-order valence-corrected chi connectivity index (χ0v) is 12.7. The molecule has 2 aromatic rings. The van der Waals surface area contributed by atoms with Crippen LogP contribution in [0.4, 0.5) is 19.0 Å². The molecule has 1 aromatic heterocycles. The molecule has 1 unspecified atom stereocenters. The van der Waals surface area contributed by atoms with Crippen molar-refractivity contribution in [3.63, 3.8) is 0 Å². The van der Waals surface area contributed by atoms with Crippen molar-refractivity contribution in [1.82, 2.24) is 4.98 Å². The van der Waals surface area contributed by atoms with Crippen LogP contribution >= 0.6 is 0 Å². The number of amides is 1. The summed E-state index contributed by atoms with van der Waals surface area (Å²) in [6.07, 6.45) is -2.81. The molecular formula is C17H15F3N2O2. The van der Waals surface area contributed by atoms with Crippen LogP contribution in [0.1, 0.15) is 5.56 Å². The van der Waals surface area contributed by atoms with Crippen molar-refractivity contribution in [2.24, 2.45) is 5.92 Å². The number of ether oxygens (including phenoxy) is 1. The maximum Gasteiger partial charge on any atom is 0.406 e. The highest BCUT2D eigenvalue weighted by atomic mass is 19.4. The predicted molar refractivity (Wildman–Crippen MR) is 81.8 cm³/mol.